The van der Waals surface area contributed by atoms with Gasteiger partial charge in [-0.25, -0.2) is 8.42 Å². The molecule has 2 amide bonds. The highest BCUT2D eigenvalue weighted by Gasteiger charge is 2.38. The molecule has 2 saturated heterocycles. The fourth-order valence-corrected chi connectivity index (χ4v) is 6.58. The number of nitrogens with one attached hydrogen (secondary N) is 1. The second kappa shape index (κ2) is 10.2. The molecule has 2 fully saturated rings. The Hall–Kier alpha value is -2.43. The molecule has 1 aromatic heterocycles. The summed E-state index contributed by atoms with van der Waals surface area (Å²) in [6, 6.07) is 9.24. The quantitative estimate of drug-likeness (QED) is 0.642. The molecule has 0 radical (unpaired) electrons. The summed E-state index contributed by atoms with van der Waals surface area (Å²) in [4.78, 5) is 28.6. The minimum atomic E-state index is -3.63. The lowest BCUT2D eigenvalue weighted by molar-refractivity contribution is -0.133. The topological polar surface area (TPSA) is 96.0 Å². The summed E-state index contributed by atoms with van der Waals surface area (Å²) >= 11 is 1.33. The first kappa shape index (κ1) is 23.7. The third-order valence-electron chi connectivity index (χ3n) is 6.38. The predicted octanol–water partition coefficient (Wildman–Crippen LogP) is 2.58. The van der Waals surface area contributed by atoms with Crippen LogP contribution in [-0.4, -0.2) is 68.8 Å². The van der Waals surface area contributed by atoms with Crippen molar-refractivity contribution in [1.82, 2.24) is 14.5 Å². The average Bonchev–Trinajstić information content (AvgIpc) is 3.57. The number of likely N-dealkylation sites (tertiary alicyclic amines) is 1. The van der Waals surface area contributed by atoms with Crippen LogP contribution in [0, 0.1) is 5.92 Å². The van der Waals surface area contributed by atoms with Crippen molar-refractivity contribution in [3.63, 3.8) is 0 Å². The van der Waals surface area contributed by atoms with Crippen molar-refractivity contribution in [1.29, 1.82) is 0 Å². The van der Waals surface area contributed by atoms with Crippen molar-refractivity contribution in [2.75, 3.05) is 33.3 Å². The summed E-state index contributed by atoms with van der Waals surface area (Å²) in [5, 5.41) is 4.79. The zero-order valence-electron chi connectivity index (χ0n) is 18.6. The zero-order chi connectivity index (χ0) is 23.4. The molecule has 2 aromatic rings. The van der Waals surface area contributed by atoms with Gasteiger partial charge in [0.1, 0.15) is 11.8 Å². The van der Waals surface area contributed by atoms with E-state index in [-0.39, 0.29) is 22.6 Å². The van der Waals surface area contributed by atoms with E-state index in [1.54, 1.807) is 36.4 Å². The Morgan fingerprint density at radius 2 is 1.73 bits per heavy atom. The van der Waals surface area contributed by atoms with Gasteiger partial charge in [0.15, 0.2) is 0 Å². The number of hydrogen-bond donors (Lipinski definition) is 1. The van der Waals surface area contributed by atoms with E-state index in [0.29, 0.717) is 49.6 Å². The molecule has 3 heterocycles. The molecule has 1 atom stereocenters. The largest absolute Gasteiger partial charge is 0.497 e. The molecule has 0 aliphatic carbocycles. The minimum absolute atomic E-state index is 0.0612. The normalized spacial score (nSPS) is 18.8. The van der Waals surface area contributed by atoms with Gasteiger partial charge in [-0.1, -0.05) is 6.07 Å². The molecule has 2 aliphatic heterocycles. The Bertz CT molecular complexity index is 1060. The first-order valence-electron chi connectivity index (χ1n) is 11.2. The van der Waals surface area contributed by atoms with Crippen LogP contribution in [0.25, 0.3) is 0 Å². The highest BCUT2D eigenvalue weighted by molar-refractivity contribution is 7.89. The number of benzene rings is 1. The summed E-state index contributed by atoms with van der Waals surface area (Å²) in [6.07, 6.45) is 2.94. The fraction of sp³-hybridized carbons (Fsp3) is 0.478. The van der Waals surface area contributed by atoms with Crippen LogP contribution in [0.15, 0.2) is 46.7 Å². The van der Waals surface area contributed by atoms with Crippen LogP contribution < -0.4 is 10.1 Å². The van der Waals surface area contributed by atoms with Gasteiger partial charge in [0, 0.05) is 26.2 Å². The highest BCUT2D eigenvalue weighted by atomic mass is 32.2. The van der Waals surface area contributed by atoms with Crippen molar-refractivity contribution in [3.05, 3.63) is 46.7 Å². The van der Waals surface area contributed by atoms with Crippen molar-refractivity contribution in [3.8, 4) is 5.75 Å². The highest BCUT2D eigenvalue weighted by Crippen LogP contribution is 2.28. The Morgan fingerprint density at radius 1 is 1.06 bits per heavy atom. The maximum Gasteiger partial charge on any atom is 0.262 e. The number of amides is 2. The van der Waals surface area contributed by atoms with Gasteiger partial charge in [-0.05, 0) is 67.3 Å². The van der Waals surface area contributed by atoms with Crippen LogP contribution in [0.2, 0.25) is 0 Å². The second-order valence-electron chi connectivity index (χ2n) is 8.38. The Morgan fingerprint density at radius 3 is 2.30 bits per heavy atom. The van der Waals surface area contributed by atoms with E-state index in [4.69, 9.17) is 4.74 Å². The molecule has 2 aliphatic rings. The lowest BCUT2D eigenvalue weighted by atomic mass is 9.89. The molecule has 0 bridgehead atoms. The predicted molar refractivity (Wildman–Crippen MR) is 126 cm³/mol. The molecule has 8 nitrogen and oxygen atoms in total. The van der Waals surface area contributed by atoms with E-state index in [9.17, 15) is 18.0 Å². The van der Waals surface area contributed by atoms with Crippen LogP contribution in [0.1, 0.15) is 35.4 Å². The summed E-state index contributed by atoms with van der Waals surface area (Å²) < 4.78 is 32.7. The van der Waals surface area contributed by atoms with Crippen molar-refractivity contribution >= 4 is 33.2 Å². The van der Waals surface area contributed by atoms with Gasteiger partial charge < -0.3 is 15.0 Å². The molecule has 33 heavy (non-hydrogen) atoms. The summed E-state index contributed by atoms with van der Waals surface area (Å²) in [6.45, 7) is 2.01. The molecule has 0 saturated carbocycles. The SMILES string of the molecule is COc1ccc(S(=O)(=O)N2CCC(C(NC(=O)c3cccs3)C(=O)N3CCCC3)CC2)cc1. The van der Waals surface area contributed by atoms with E-state index in [1.165, 1.54) is 22.8 Å². The van der Waals surface area contributed by atoms with Gasteiger partial charge in [-0.15, -0.1) is 11.3 Å². The van der Waals surface area contributed by atoms with E-state index in [0.717, 1.165) is 12.8 Å². The third kappa shape index (κ3) is 5.23. The number of rotatable bonds is 7. The summed E-state index contributed by atoms with van der Waals surface area (Å²) in [5.41, 5.74) is 0. The Balaban J connectivity index is 1.46. The van der Waals surface area contributed by atoms with E-state index in [2.05, 4.69) is 5.32 Å². The van der Waals surface area contributed by atoms with Crippen LogP contribution >= 0.6 is 11.3 Å². The number of ether oxygens (including phenoxy) is 1. The van der Waals surface area contributed by atoms with Crippen molar-refractivity contribution < 1.29 is 22.7 Å². The van der Waals surface area contributed by atoms with Crippen molar-refractivity contribution in [2.45, 2.75) is 36.6 Å². The average molecular weight is 492 g/mol. The Kier molecular flexibility index (Phi) is 7.35. The van der Waals surface area contributed by atoms with Gasteiger partial charge in [-0.2, -0.15) is 4.31 Å². The first-order chi connectivity index (χ1) is 15.9. The Labute approximate surface area is 198 Å². The van der Waals surface area contributed by atoms with Gasteiger partial charge >= 0.3 is 0 Å². The van der Waals surface area contributed by atoms with Gasteiger partial charge in [-0.3, -0.25) is 9.59 Å². The molecule has 178 valence electrons. The van der Waals surface area contributed by atoms with Crippen molar-refractivity contribution in [2.24, 2.45) is 5.92 Å². The van der Waals surface area contributed by atoms with E-state index < -0.39 is 16.1 Å². The standard InChI is InChI=1S/C23H29N3O5S2/c1-31-18-6-8-19(9-7-18)33(29,30)26-14-10-17(11-15-26)21(23(28)25-12-2-3-13-25)24-22(27)20-5-4-16-32-20/h4-9,16-17,21H,2-3,10-15H2,1H3,(H,24,27). The number of methoxy groups -OCH3 is 1. The fourth-order valence-electron chi connectivity index (χ4n) is 4.48. The summed E-state index contributed by atoms with van der Waals surface area (Å²) in [5.74, 6) is 0.159. The lowest BCUT2D eigenvalue weighted by Gasteiger charge is -2.36. The lowest BCUT2D eigenvalue weighted by Crippen LogP contribution is -2.54. The second-order valence-corrected chi connectivity index (χ2v) is 11.3. The van der Waals surface area contributed by atoms with Crippen LogP contribution in [0.5, 0.6) is 5.75 Å². The number of nitrogens with zero attached hydrogens (tertiary/aromatic N) is 2. The number of piperidine rings is 1. The van der Waals surface area contributed by atoms with E-state index >= 15 is 0 Å². The molecule has 1 aromatic carbocycles. The molecule has 1 unspecified atom stereocenters. The monoisotopic (exact) mass is 491 g/mol. The molecule has 4 rings (SSSR count). The molecular weight excluding hydrogens is 462 g/mol. The smallest absolute Gasteiger partial charge is 0.262 e. The molecular formula is C23H29N3O5S2. The summed E-state index contributed by atoms with van der Waals surface area (Å²) in [7, 11) is -2.10. The number of carbonyl (C=O) groups excluding carboxylic acids is 2. The molecule has 10 heteroatoms. The molecule has 0 spiro atoms. The van der Waals surface area contributed by atoms with E-state index in [1.807, 2.05) is 10.3 Å². The third-order valence-corrected chi connectivity index (χ3v) is 9.16. The number of thiophene rings is 1. The van der Waals surface area contributed by atoms with Gasteiger partial charge in [0.2, 0.25) is 15.9 Å². The number of carbonyl (C=O) groups is 2. The number of hydrogen-bond acceptors (Lipinski definition) is 6. The first-order valence-corrected chi connectivity index (χ1v) is 13.5. The maximum atomic E-state index is 13.3. The van der Waals surface area contributed by atoms with Gasteiger partial charge in [0.05, 0.1) is 16.9 Å². The number of sulfonamides is 1. The van der Waals surface area contributed by atoms with Crippen LogP contribution in [0.3, 0.4) is 0 Å². The van der Waals surface area contributed by atoms with Crippen LogP contribution in [0.4, 0.5) is 0 Å². The zero-order valence-corrected chi connectivity index (χ0v) is 20.2. The maximum absolute atomic E-state index is 13.3. The minimum Gasteiger partial charge on any atom is -0.497 e. The van der Waals surface area contributed by atoms with Crippen LogP contribution in [-0.2, 0) is 14.8 Å². The molecule has 1 N–H and O–H groups in total. The van der Waals surface area contributed by atoms with Gasteiger partial charge in [0.25, 0.3) is 5.91 Å².